The number of nitrogens with one attached hydrogen (secondary N) is 1. The van der Waals surface area contributed by atoms with Gasteiger partial charge in [-0.3, -0.25) is 18.7 Å². The van der Waals surface area contributed by atoms with Crippen molar-refractivity contribution < 1.29 is 4.79 Å². The van der Waals surface area contributed by atoms with Gasteiger partial charge < -0.3 is 14.8 Å². The number of aromatic nitrogens is 4. The zero-order chi connectivity index (χ0) is 20.5. The topological polar surface area (TPSA) is 94.2 Å². The lowest BCUT2D eigenvalue weighted by molar-refractivity contribution is -0.121. The Balaban J connectivity index is 1.47. The molecule has 1 fully saturated rings. The quantitative estimate of drug-likeness (QED) is 0.666. The first-order valence-corrected chi connectivity index (χ1v) is 9.66. The van der Waals surface area contributed by atoms with Crippen molar-refractivity contribution in [3.05, 3.63) is 57.5 Å². The van der Waals surface area contributed by atoms with Crippen molar-refractivity contribution in [3.63, 3.8) is 0 Å². The van der Waals surface area contributed by atoms with E-state index < -0.39 is 11.2 Å². The van der Waals surface area contributed by atoms with Crippen LogP contribution in [0.5, 0.6) is 0 Å². The van der Waals surface area contributed by atoms with E-state index in [9.17, 15) is 14.4 Å². The van der Waals surface area contributed by atoms with Crippen molar-refractivity contribution in [1.82, 2.24) is 24.0 Å². The molecule has 0 saturated carbocycles. The zero-order valence-corrected chi connectivity index (χ0v) is 16.5. The third kappa shape index (κ3) is 3.43. The first-order chi connectivity index (χ1) is 14.0. The molecule has 4 rings (SSSR count). The average Bonchev–Trinajstić information content (AvgIpc) is 3.37. The van der Waals surface area contributed by atoms with E-state index in [1.54, 1.807) is 7.05 Å². The maximum Gasteiger partial charge on any atom is 0.332 e. The highest BCUT2D eigenvalue weighted by molar-refractivity contribution is 5.79. The molecule has 1 atom stereocenters. The van der Waals surface area contributed by atoms with Crippen LogP contribution >= 0.6 is 0 Å². The molecule has 1 unspecified atom stereocenters. The highest BCUT2D eigenvalue weighted by Gasteiger charge is 2.25. The summed E-state index contributed by atoms with van der Waals surface area (Å²) in [5, 5.41) is 2.98. The van der Waals surface area contributed by atoms with E-state index in [1.165, 1.54) is 22.5 Å². The number of amides is 1. The molecule has 0 radical (unpaired) electrons. The van der Waals surface area contributed by atoms with Crippen LogP contribution in [0.1, 0.15) is 12.8 Å². The number of hydrogen-bond donors (Lipinski definition) is 1. The lowest BCUT2D eigenvalue weighted by atomic mass is 10.2. The van der Waals surface area contributed by atoms with Crippen molar-refractivity contribution in [2.24, 2.45) is 14.1 Å². The molecule has 3 aromatic rings. The zero-order valence-electron chi connectivity index (χ0n) is 16.5. The number of rotatable bonds is 5. The fraction of sp³-hybridized carbons (Fsp3) is 0.400. The van der Waals surface area contributed by atoms with E-state index in [1.807, 2.05) is 18.2 Å². The summed E-state index contributed by atoms with van der Waals surface area (Å²) in [7, 11) is 2.97. The molecule has 2 aromatic heterocycles. The predicted octanol–water partition coefficient (Wildman–Crippen LogP) is 0.219. The predicted molar refractivity (Wildman–Crippen MR) is 110 cm³/mol. The van der Waals surface area contributed by atoms with Gasteiger partial charge in [0.25, 0.3) is 5.56 Å². The number of hydrogen-bond acceptors (Lipinski definition) is 5. The van der Waals surface area contributed by atoms with Crippen LogP contribution in [0, 0.1) is 0 Å². The monoisotopic (exact) mass is 396 g/mol. The maximum absolute atomic E-state index is 12.5. The second-order valence-electron chi connectivity index (χ2n) is 7.38. The van der Waals surface area contributed by atoms with Crippen LogP contribution in [0.25, 0.3) is 11.2 Å². The van der Waals surface area contributed by atoms with Crippen molar-refractivity contribution in [2.75, 3.05) is 18.0 Å². The van der Waals surface area contributed by atoms with Gasteiger partial charge in [0.1, 0.15) is 6.54 Å². The van der Waals surface area contributed by atoms with Crippen LogP contribution in [0.2, 0.25) is 0 Å². The van der Waals surface area contributed by atoms with Crippen molar-refractivity contribution in [1.29, 1.82) is 0 Å². The number of carbonyl (C=O) groups excluding carboxylic acids is 1. The lowest BCUT2D eigenvalue weighted by Crippen LogP contribution is -2.41. The molecule has 1 amide bonds. The molecule has 1 aliphatic rings. The highest BCUT2D eigenvalue weighted by Crippen LogP contribution is 2.24. The number of fused-ring (bicyclic) bond motifs is 1. The van der Waals surface area contributed by atoms with Gasteiger partial charge in [0.2, 0.25) is 5.91 Å². The fourth-order valence-electron chi connectivity index (χ4n) is 3.97. The Labute approximate surface area is 167 Å². The molecule has 152 valence electrons. The van der Waals surface area contributed by atoms with Crippen molar-refractivity contribution >= 4 is 22.8 Å². The third-order valence-electron chi connectivity index (χ3n) is 5.53. The summed E-state index contributed by atoms with van der Waals surface area (Å²) in [5.41, 5.74) is 0.779. The average molecular weight is 396 g/mol. The number of carbonyl (C=O) groups is 1. The molecular formula is C20H24N6O3. The summed E-state index contributed by atoms with van der Waals surface area (Å²) >= 11 is 0. The minimum atomic E-state index is -0.459. The fourth-order valence-corrected chi connectivity index (χ4v) is 3.97. The maximum atomic E-state index is 12.5. The number of para-hydroxylation sites is 1. The summed E-state index contributed by atoms with van der Waals surface area (Å²) in [6.07, 6.45) is 3.54. The van der Waals surface area contributed by atoms with E-state index in [-0.39, 0.29) is 29.7 Å². The first kappa shape index (κ1) is 19.0. The van der Waals surface area contributed by atoms with Crippen molar-refractivity contribution in [3.8, 4) is 0 Å². The minimum Gasteiger partial charge on any atom is -0.367 e. The molecule has 0 bridgehead atoms. The second kappa shape index (κ2) is 7.57. The molecule has 9 heteroatoms. The SMILES string of the molecule is Cn1c(=O)c2c(ncn2CC(=O)NCC2CCCN2c2ccccc2)n(C)c1=O. The number of nitrogens with zero attached hydrogens (tertiary/aromatic N) is 5. The minimum absolute atomic E-state index is 0.0258. The first-order valence-electron chi connectivity index (χ1n) is 9.66. The second-order valence-corrected chi connectivity index (χ2v) is 7.38. The standard InChI is InChI=1S/C20H24N6O3/c1-23-18-17(19(28)24(2)20(23)29)25(13-22-18)12-16(27)21-11-15-9-6-10-26(15)14-7-4-3-5-8-14/h3-5,7-8,13,15H,6,9-12H2,1-2H3,(H,21,27). The molecular weight excluding hydrogens is 372 g/mol. The van der Waals surface area contributed by atoms with Crippen LogP contribution in [-0.4, -0.2) is 43.7 Å². The van der Waals surface area contributed by atoms with E-state index >= 15 is 0 Å². The summed E-state index contributed by atoms with van der Waals surface area (Å²) in [6, 6.07) is 10.4. The molecule has 29 heavy (non-hydrogen) atoms. The molecule has 0 aliphatic carbocycles. The van der Waals surface area contributed by atoms with E-state index in [2.05, 4.69) is 27.3 Å². The molecule has 1 aromatic carbocycles. The Kier molecular flexibility index (Phi) is 4.96. The van der Waals surface area contributed by atoms with Gasteiger partial charge in [-0.05, 0) is 25.0 Å². The third-order valence-corrected chi connectivity index (χ3v) is 5.53. The van der Waals surface area contributed by atoms with Gasteiger partial charge in [-0.2, -0.15) is 0 Å². The number of aryl methyl sites for hydroxylation is 1. The van der Waals surface area contributed by atoms with E-state index in [0.717, 1.165) is 29.6 Å². The number of anilines is 1. The molecule has 1 aliphatic heterocycles. The normalized spacial score (nSPS) is 16.5. The molecule has 9 nitrogen and oxygen atoms in total. The van der Waals surface area contributed by atoms with Gasteiger partial charge in [0.05, 0.1) is 6.33 Å². The van der Waals surface area contributed by atoms with Crippen LogP contribution < -0.4 is 21.5 Å². The van der Waals surface area contributed by atoms with Gasteiger partial charge in [0.15, 0.2) is 11.2 Å². The Bertz CT molecular complexity index is 1160. The lowest BCUT2D eigenvalue weighted by Gasteiger charge is -2.27. The Morgan fingerprint density at radius 3 is 2.69 bits per heavy atom. The highest BCUT2D eigenvalue weighted by atomic mass is 16.2. The van der Waals surface area contributed by atoms with Crippen LogP contribution in [0.3, 0.4) is 0 Å². The van der Waals surface area contributed by atoms with Gasteiger partial charge >= 0.3 is 5.69 Å². The number of imidazole rings is 1. The summed E-state index contributed by atoms with van der Waals surface area (Å²) in [6.45, 7) is 1.49. The van der Waals surface area contributed by atoms with Crippen molar-refractivity contribution in [2.45, 2.75) is 25.4 Å². The number of benzene rings is 1. The van der Waals surface area contributed by atoms with Crippen LogP contribution in [0.4, 0.5) is 5.69 Å². The van der Waals surface area contributed by atoms with Gasteiger partial charge in [-0.15, -0.1) is 0 Å². The van der Waals surface area contributed by atoms with Gasteiger partial charge in [0, 0.05) is 38.9 Å². The summed E-state index contributed by atoms with van der Waals surface area (Å²) in [4.78, 5) is 43.5. The Morgan fingerprint density at radius 1 is 1.17 bits per heavy atom. The van der Waals surface area contributed by atoms with E-state index in [4.69, 9.17) is 0 Å². The van der Waals surface area contributed by atoms with Gasteiger partial charge in [-0.25, -0.2) is 9.78 Å². The van der Waals surface area contributed by atoms with Gasteiger partial charge in [-0.1, -0.05) is 18.2 Å². The van der Waals surface area contributed by atoms with Crippen LogP contribution in [-0.2, 0) is 25.4 Å². The van der Waals surface area contributed by atoms with Crippen LogP contribution in [0.15, 0.2) is 46.2 Å². The Hall–Kier alpha value is -3.36. The molecule has 1 saturated heterocycles. The van der Waals surface area contributed by atoms with E-state index in [0.29, 0.717) is 6.54 Å². The molecule has 1 N–H and O–H groups in total. The molecule has 3 heterocycles. The Morgan fingerprint density at radius 2 is 1.93 bits per heavy atom. The molecule has 0 spiro atoms. The summed E-state index contributed by atoms with van der Waals surface area (Å²) in [5.74, 6) is -0.194. The summed E-state index contributed by atoms with van der Waals surface area (Å²) < 4.78 is 3.83. The largest absolute Gasteiger partial charge is 0.367 e. The smallest absolute Gasteiger partial charge is 0.332 e.